The summed E-state index contributed by atoms with van der Waals surface area (Å²) in [4.78, 5) is 16.1. The molecule has 0 saturated heterocycles. The number of rotatable bonds is 3. The molecule has 7 heteroatoms. The molecular weight excluding hydrogens is 299 g/mol. The lowest BCUT2D eigenvalue weighted by atomic mass is 10.1. The second kappa shape index (κ2) is 6.92. The van der Waals surface area contributed by atoms with Gasteiger partial charge in [0.15, 0.2) is 0 Å². The lowest BCUT2D eigenvalue weighted by Gasteiger charge is -2.16. The van der Waals surface area contributed by atoms with Crippen LogP contribution in [0.2, 0.25) is 0 Å². The van der Waals surface area contributed by atoms with Crippen molar-refractivity contribution in [3.05, 3.63) is 35.8 Å². The Bertz CT molecular complexity index is 590. The second-order valence-corrected chi connectivity index (χ2v) is 5.03. The molecule has 0 radical (unpaired) electrons. The van der Waals surface area contributed by atoms with E-state index in [1.165, 1.54) is 0 Å². The van der Waals surface area contributed by atoms with Crippen molar-refractivity contribution in [3.63, 3.8) is 0 Å². The fraction of sp³-hybridized carbons (Fsp3) is 0.385. The van der Waals surface area contributed by atoms with Crippen LogP contribution in [0.25, 0.3) is 5.65 Å². The average Bonchev–Trinajstić information content (AvgIpc) is 2.69. The maximum atomic E-state index is 11.6. The van der Waals surface area contributed by atoms with E-state index >= 15 is 0 Å². The molecule has 0 aliphatic carbocycles. The van der Waals surface area contributed by atoms with Gasteiger partial charge in [-0.3, -0.25) is 4.79 Å². The van der Waals surface area contributed by atoms with Gasteiger partial charge in [0.25, 0.3) is 0 Å². The summed E-state index contributed by atoms with van der Waals surface area (Å²) in [6, 6.07) is 5.91. The molecule has 0 saturated carbocycles. The van der Waals surface area contributed by atoms with Crippen molar-refractivity contribution >= 4 is 36.4 Å². The first-order valence-corrected chi connectivity index (χ1v) is 5.89. The van der Waals surface area contributed by atoms with E-state index in [2.05, 4.69) is 10.3 Å². The van der Waals surface area contributed by atoms with Gasteiger partial charge in [-0.1, -0.05) is 6.07 Å². The molecule has 2 rings (SSSR count). The van der Waals surface area contributed by atoms with E-state index in [1.807, 2.05) is 35.7 Å². The van der Waals surface area contributed by atoms with Gasteiger partial charge in [-0.2, -0.15) is 0 Å². The van der Waals surface area contributed by atoms with Crippen LogP contribution in [0, 0.1) is 6.92 Å². The SMILES string of the molecule is Cc1cccc2nc(CNC(=O)C(C)(C)N)cn12.Cl.Cl. The monoisotopic (exact) mass is 318 g/mol. The van der Waals surface area contributed by atoms with Crippen LogP contribution in [0.15, 0.2) is 24.4 Å². The van der Waals surface area contributed by atoms with Crippen LogP contribution in [0.1, 0.15) is 25.2 Å². The molecule has 2 aromatic heterocycles. The summed E-state index contributed by atoms with van der Waals surface area (Å²) in [5.41, 5.74) is 7.65. The Hall–Kier alpha value is -1.30. The lowest BCUT2D eigenvalue weighted by Crippen LogP contribution is -2.48. The zero-order chi connectivity index (χ0) is 13.3. The molecule has 3 N–H and O–H groups in total. The zero-order valence-electron chi connectivity index (χ0n) is 11.7. The Morgan fingerprint density at radius 1 is 1.40 bits per heavy atom. The number of halogens is 2. The molecule has 0 fully saturated rings. The molecule has 0 bridgehead atoms. The Morgan fingerprint density at radius 2 is 2.05 bits per heavy atom. The molecule has 0 aliphatic rings. The minimum atomic E-state index is -0.866. The Balaban J connectivity index is 0.00000180. The maximum absolute atomic E-state index is 11.6. The highest BCUT2D eigenvalue weighted by Crippen LogP contribution is 2.08. The van der Waals surface area contributed by atoms with E-state index in [9.17, 15) is 4.79 Å². The van der Waals surface area contributed by atoms with Crippen molar-refractivity contribution in [2.24, 2.45) is 5.73 Å². The van der Waals surface area contributed by atoms with Crippen LogP contribution < -0.4 is 11.1 Å². The molecule has 1 amide bonds. The number of nitrogens with one attached hydrogen (secondary N) is 1. The average molecular weight is 319 g/mol. The largest absolute Gasteiger partial charge is 0.349 e. The predicted octanol–water partition coefficient (Wildman–Crippen LogP) is 1.84. The van der Waals surface area contributed by atoms with Crippen molar-refractivity contribution in [2.75, 3.05) is 0 Å². The van der Waals surface area contributed by atoms with Gasteiger partial charge in [-0.05, 0) is 32.9 Å². The highest BCUT2D eigenvalue weighted by molar-refractivity contribution is 5.85. The number of hydrogen-bond acceptors (Lipinski definition) is 3. The summed E-state index contributed by atoms with van der Waals surface area (Å²) in [6.07, 6.45) is 1.93. The van der Waals surface area contributed by atoms with Gasteiger partial charge in [0, 0.05) is 11.9 Å². The summed E-state index contributed by atoms with van der Waals surface area (Å²) in [6.45, 7) is 5.76. The third-order valence-corrected chi connectivity index (χ3v) is 2.76. The molecule has 5 nitrogen and oxygen atoms in total. The molecule has 0 unspecified atom stereocenters. The van der Waals surface area contributed by atoms with E-state index in [1.54, 1.807) is 13.8 Å². The summed E-state index contributed by atoms with van der Waals surface area (Å²) in [5, 5.41) is 2.78. The van der Waals surface area contributed by atoms with Crippen LogP contribution in [0.3, 0.4) is 0 Å². The molecule has 112 valence electrons. The predicted molar refractivity (Wildman–Crippen MR) is 84.5 cm³/mol. The minimum Gasteiger partial charge on any atom is -0.349 e. The van der Waals surface area contributed by atoms with Crippen molar-refractivity contribution in [2.45, 2.75) is 32.9 Å². The lowest BCUT2D eigenvalue weighted by molar-refractivity contribution is -0.125. The summed E-state index contributed by atoms with van der Waals surface area (Å²) in [5.74, 6) is -0.184. The van der Waals surface area contributed by atoms with Crippen molar-refractivity contribution < 1.29 is 4.79 Å². The third-order valence-electron chi connectivity index (χ3n) is 2.76. The number of carbonyl (C=O) groups is 1. The summed E-state index contributed by atoms with van der Waals surface area (Å²) in [7, 11) is 0. The Kier molecular flexibility index (Phi) is 6.47. The van der Waals surface area contributed by atoms with Crippen LogP contribution >= 0.6 is 24.8 Å². The van der Waals surface area contributed by atoms with E-state index in [0.717, 1.165) is 17.0 Å². The van der Waals surface area contributed by atoms with Gasteiger partial charge in [-0.15, -0.1) is 24.8 Å². The van der Waals surface area contributed by atoms with E-state index in [4.69, 9.17) is 5.73 Å². The molecule has 0 spiro atoms. The van der Waals surface area contributed by atoms with Gasteiger partial charge in [0.05, 0.1) is 17.8 Å². The molecule has 0 atom stereocenters. The topological polar surface area (TPSA) is 72.4 Å². The number of carbonyl (C=O) groups excluding carboxylic acids is 1. The quantitative estimate of drug-likeness (QED) is 0.907. The number of aryl methyl sites for hydroxylation is 1. The molecule has 2 heterocycles. The zero-order valence-corrected chi connectivity index (χ0v) is 13.3. The van der Waals surface area contributed by atoms with E-state index in [-0.39, 0.29) is 30.7 Å². The van der Waals surface area contributed by atoms with Crippen LogP contribution in [0.5, 0.6) is 0 Å². The van der Waals surface area contributed by atoms with Gasteiger partial charge in [0.2, 0.25) is 5.91 Å². The first-order valence-electron chi connectivity index (χ1n) is 5.89. The number of nitrogens with two attached hydrogens (primary N) is 1. The smallest absolute Gasteiger partial charge is 0.239 e. The number of fused-ring (bicyclic) bond motifs is 1. The van der Waals surface area contributed by atoms with Crippen molar-refractivity contribution in [1.29, 1.82) is 0 Å². The first-order chi connectivity index (χ1) is 8.38. The van der Waals surface area contributed by atoms with Crippen LogP contribution in [-0.4, -0.2) is 20.8 Å². The normalized spacial score (nSPS) is 10.6. The van der Waals surface area contributed by atoms with Gasteiger partial charge < -0.3 is 15.5 Å². The van der Waals surface area contributed by atoms with E-state index in [0.29, 0.717) is 6.54 Å². The minimum absolute atomic E-state index is 0. The maximum Gasteiger partial charge on any atom is 0.239 e. The van der Waals surface area contributed by atoms with Gasteiger partial charge >= 0.3 is 0 Å². The summed E-state index contributed by atoms with van der Waals surface area (Å²) >= 11 is 0. The second-order valence-electron chi connectivity index (χ2n) is 5.03. The highest BCUT2D eigenvalue weighted by Gasteiger charge is 2.21. The van der Waals surface area contributed by atoms with E-state index < -0.39 is 5.54 Å². The van der Waals surface area contributed by atoms with Crippen LogP contribution in [0.4, 0.5) is 0 Å². The van der Waals surface area contributed by atoms with Crippen LogP contribution in [-0.2, 0) is 11.3 Å². The molecule has 0 aromatic carbocycles. The number of pyridine rings is 1. The third kappa shape index (κ3) is 4.10. The van der Waals surface area contributed by atoms with Gasteiger partial charge in [0.1, 0.15) is 5.65 Å². The van der Waals surface area contributed by atoms with Crippen molar-refractivity contribution in [1.82, 2.24) is 14.7 Å². The molecule has 20 heavy (non-hydrogen) atoms. The Labute approximate surface area is 130 Å². The standard InChI is InChI=1S/C13H18N4O.2ClH/c1-9-5-4-6-11-16-10(8-17(9)11)7-15-12(18)13(2,3)14;;/h4-6,8H,7,14H2,1-3H3,(H,15,18);2*1H. The first kappa shape index (κ1) is 18.7. The Morgan fingerprint density at radius 3 is 2.60 bits per heavy atom. The molecule has 2 aromatic rings. The number of nitrogens with zero attached hydrogens (tertiary/aromatic N) is 2. The fourth-order valence-corrected chi connectivity index (χ4v) is 1.68. The number of amides is 1. The number of aromatic nitrogens is 2. The number of imidazole rings is 1. The highest BCUT2D eigenvalue weighted by atomic mass is 35.5. The van der Waals surface area contributed by atoms with Crippen molar-refractivity contribution in [3.8, 4) is 0 Å². The molecular formula is C13H20Cl2N4O. The van der Waals surface area contributed by atoms with Gasteiger partial charge in [-0.25, -0.2) is 4.98 Å². The fourth-order valence-electron chi connectivity index (χ4n) is 1.68. The number of hydrogen-bond donors (Lipinski definition) is 2. The molecule has 0 aliphatic heterocycles. The summed E-state index contributed by atoms with van der Waals surface area (Å²) < 4.78 is 2.00.